The Balaban J connectivity index is 1.85. The summed E-state index contributed by atoms with van der Waals surface area (Å²) in [6.45, 7) is 1.92. The van der Waals surface area contributed by atoms with E-state index in [4.69, 9.17) is 4.98 Å². The minimum atomic E-state index is -0.0937. The second kappa shape index (κ2) is 4.91. The predicted molar refractivity (Wildman–Crippen MR) is 87.5 cm³/mol. The van der Waals surface area contributed by atoms with Crippen LogP contribution in [0.3, 0.4) is 0 Å². The number of rotatable bonds is 3. The lowest BCUT2D eigenvalue weighted by Gasteiger charge is -2.08. The lowest BCUT2D eigenvalue weighted by atomic mass is 10.1. The van der Waals surface area contributed by atoms with Crippen LogP contribution in [0.1, 0.15) is 40.5 Å². The number of pyridine rings is 1. The SMILES string of the molecule is Cc1nn(C)c2nc(C3CC3)cc(C(=O)Nc3ccsc3)c12. The molecule has 3 heterocycles. The van der Waals surface area contributed by atoms with Crippen molar-refractivity contribution in [1.82, 2.24) is 14.8 Å². The van der Waals surface area contributed by atoms with Crippen LogP contribution in [0.5, 0.6) is 0 Å². The van der Waals surface area contributed by atoms with Crippen molar-refractivity contribution in [3.05, 3.63) is 39.8 Å². The Morgan fingerprint density at radius 3 is 2.95 bits per heavy atom. The van der Waals surface area contributed by atoms with Crippen LogP contribution in [0, 0.1) is 6.92 Å². The highest BCUT2D eigenvalue weighted by Crippen LogP contribution is 2.40. The summed E-state index contributed by atoms with van der Waals surface area (Å²) in [5, 5.41) is 12.1. The van der Waals surface area contributed by atoms with Crippen molar-refractivity contribution in [1.29, 1.82) is 0 Å². The molecule has 112 valence electrons. The first-order valence-corrected chi connectivity index (χ1v) is 8.25. The van der Waals surface area contributed by atoms with Crippen LogP contribution in [0.15, 0.2) is 22.9 Å². The lowest BCUT2D eigenvalue weighted by molar-refractivity contribution is 0.102. The molecule has 3 aromatic heterocycles. The molecule has 0 bridgehead atoms. The van der Waals surface area contributed by atoms with Crippen LogP contribution >= 0.6 is 11.3 Å². The highest BCUT2D eigenvalue weighted by molar-refractivity contribution is 7.08. The van der Waals surface area contributed by atoms with Crippen LogP contribution in [0.2, 0.25) is 0 Å². The second-order valence-electron chi connectivity index (χ2n) is 5.74. The number of nitrogens with one attached hydrogen (secondary N) is 1. The summed E-state index contributed by atoms with van der Waals surface area (Å²) in [4.78, 5) is 17.4. The van der Waals surface area contributed by atoms with Crippen molar-refractivity contribution in [2.75, 3.05) is 5.32 Å². The quantitative estimate of drug-likeness (QED) is 0.805. The fraction of sp³-hybridized carbons (Fsp3) is 0.312. The minimum Gasteiger partial charge on any atom is -0.321 e. The first-order chi connectivity index (χ1) is 10.6. The number of carbonyl (C=O) groups is 1. The van der Waals surface area contributed by atoms with Crippen LogP contribution in [-0.2, 0) is 7.05 Å². The largest absolute Gasteiger partial charge is 0.321 e. The summed E-state index contributed by atoms with van der Waals surface area (Å²) in [6, 6.07) is 3.84. The van der Waals surface area contributed by atoms with Gasteiger partial charge in [-0.2, -0.15) is 16.4 Å². The van der Waals surface area contributed by atoms with Gasteiger partial charge in [-0.05, 0) is 37.3 Å². The van der Waals surface area contributed by atoms with E-state index in [1.807, 2.05) is 36.9 Å². The van der Waals surface area contributed by atoms with Gasteiger partial charge >= 0.3 is 0 Å². The molecule has 6 heteroatoms. The van der Waals surface area contributed by atoms with E-state index in [1.54, 1.807) is 16.0 Å². The topological polar surface area (TPSA) is 59.8 Å². The summed E-state index contributed by atoms with van der Waals surface area (Å²) in [5.74, 6) is 0.399. The standard InChI is InChI=1S/C16H16N4OS/c1-9-14-12(16(21)17-11-5-6-22-8-11)7-13(10-3-4-10)18-15(14)20(2)19-9/h5-8,10H,3-4H2,1-2H3,(H,17,21). The van der Waals surface area contributed by atoms with Gasteiger partial charge in [-0.25, -0.2) is 4.98 Å². The van der Waals surface area contributed by atoms with Gasteiger partial charge in [-0.15, -0.1) is 0 Å². The van der Waals surface area contributed by atoms with Gasteiger partial charge in [-0.1, -0.05) is 0 Å². The molecule has 0 atom stereocenters. The van der Waals surface area contributed by atoms with Gasteiger partial charge in [0, 0.05) is 24.0 Å². The molecule has 0 unspecified atom stereocenters. The number of amides is 1. The zero-order chi connectivity index (χ0) is 15.3. The molecule has 0 aromatic carbocycles. The molecular formula is C16H16N4OS. The van der Waals surface area contributed by atoms with E-state index < -0.39 is 0 Å². The summed E-state index contributed by atoms with van der Waals surface area (Å²) in [6.07, 6.45) is 2.31. The number of hydrogen-bond donors (Lipinski definition) is 1. The third-order valence-electron chi connectivity index (χ3n) is 4.01. The number of aromatic nitrogens is 3. The fourth-order valence-corrected chi connectivity index (χ4v) is 3.35. The van der Waals surface area contributed by atoms with E-state index in [0.717, 1.165) is 41.0 Å². The van der Waals surface area contributed by atoms with Crippen molar-refractivity contribution in [2.45, 2.75) is 25.7 Å². The predicted octanol–water partition coefficient (Wildman–Crippen LogP) is 3.47. The van der Waals surface area contributed by atoms with Gasteiger partial charge < -0.3 is 5.32 Å². The Morgan fingerprint density at radius 1 is 1.45 bits per heavy atom. The fourth-order valence-electron chi connectivity index (χ4n) is 2.77. The van der Waals surface area contributed by atoms with Crippen LogP contribution < -0.4 is 5.32 Å². The summed E-state index contributed by atoms with van der Waals surface area (Å²) < 4.78 is 1.76. The van der Waals surface area contributed by atoms with E-state index in [0.29, 0.717) is 11.5 Å². The van der Waals surface area contributed by atoms with Gasteiger partial charge in [0.1, 0.15) is 0 Å². The normalized spacial score (nSPS) is 14.5. The monoisotopic (exact) mass is 312 g/mol. The first kappa shape index (κ1) is 13.5. The molecule has 1 N–H and O–H groups in total. The number of nitrogens with zero attached hydrogens (tertiary/aromatic N) is 3. The number of hydrogen-bond acceptors (Lipinski definition) is 4. The molecule has 0 aliphatic heterocycles. The number of anilines is 1. The van der Waals surface area contributed by atoms with Crippen molar-refractivity contribution in [2.24, 2.45) is 7.05 Å². The molecule has 1 amide bonds. The molecule has 4 rings (SSSR count). The molecule has 5 nitrogen and oxygen atoms in total. The third-order valence-corrected chi connectivity index (χ3v) is 4.69. The summed E-state index contributed by atoms with van der Waals surface area (Å²) >= 11 is 1.56. The smallest absolute Gasteiger partial charge is 0.256 e. The number of thiophene rings is 1. The van der Waals surface area contributed by atoms with E-state index in [2.05, 4.69) is 10.4 Å². The molecule has 0 spiro atoms. The number of fused-ring (bicyclic) bond motifs is 1. The van der Waals surface area contributed by atoms with Gasteiger partial charge in [0.25, 0.3) is 5.91 Å². The Kier molecular flexibility index (Phi) is 3.00. The third kappa shape index (κ3) is 2.20. The molecule has 0 saturated heterocycles. The van der Waals surface area contributed by atoms with Gasteiger partial charge in [-0.3, -0.25) is 9.48 Å². The first-order valence-electron chi connectivity index (χ1n) is 7.31. The van der Waals surface area contributed by atoms with E-state index in [-0.39, 0.29) is 5.91 Å². The van der Waals surface area contributed by atoms with Crippen molar-refractivity contribution >= 4 is 34.0 Å². The summed E-state index contributed by atoms with van der Waals surface area (Å²) in [5.41, 5.74) is 4.13. The molecule has 3 aromatic rings. The van der Waals surface area contributed by atoms with E-state index in [1.165, 1.54) is 0 Å². The zero-order valence-electron chi connectivity index (χ0n) is 12.5. The number of aryl methyl sites for hydroxylation is 2. The molecule has 1 saturated carbocycles. The number of carbonyl (C=O) groups excluding carboxylic acids is 1. The van der Waals surface area contributed by atoms with Crippen LogP contribution in [-0.4, -0.2) is 20.7 Å². The molecule has 1 fully saturated rings. The van der Waals surface area contributed by atoms with Gasteiger partial charge in [0.15, 0.2) is 5.65 Å². The van der Waals surface area contributed by atoms with E-state index >= 15 is 0 Å². The van der Waals surface area contributed by atoms with Crippen molar-refractivity contribution in [3.63, 3.8) is 0 Å². The molecular weight excluding hydrogens is 296 g/mol. The Bertz CT molecular complexity index is 862. The summed E-state index contributed by atoms with van der Waals surface area (Å²) in [7, 11) is 1.87. The van der Waals surface area contributed by atoms with Crippen LogP contribution in [0.4, 0.5) is 5.69 Å². The highest BCUT2D eigenvalue weighted by atomic mass is 32.1. The lowest BCUT2D eigenvalue weighted by Crippen LogP contribution is -2.13. The Labute approximate surface area is 132 Å². The van der Waals surface area contributed by atoms with Crippen LogP contribution in [0.25, 0.3) is 11.0 Å². The average Bonchev–Trinajstić information content (AvgIpc) is 3.16. The van der Waals surface area contributed by atoms with Crippen molar-refractivity contribution < 1.29 is 4.79 Å². The van der Waals surface area contributed by atoms with Gasteiger partial charge in [0.05, 0.1) is 22.3 Å². The van der Waals surface area contributed by atoms with Crippen molar-refractivity contribution in [3.8, 4) is 0 Å². The maximum Gasteiger partial charge on any atom is 0.256 e. The molecule has 1 aliphatic rings. The van der Waals surface area contributed by atoms with E-state index in [9.17, 15) is 4.79 Å². The molecule has 0 radical (unpaired) electrons. The van der Waals surface area contributed by atoms with Gasteiger partial charge in [0.2, 0.25) is 0 Å². The maximum absolute atomic E-state index is 12.7. The Hall–Kier alpha value is -2.21. The maximum atomic E-state index is 12.7. The Morgan fingerprint density at radius 2 is 2.27 bits per heavy atom. The zero-order valence-corrected chi connectivity index (χ0v) is 13.3. The highest BCUT2D eigenvalue weighted by Gasteiger charge is 2.28. The second-order valence-corrected chi connectivity index (χ2v) is 6.52. The minimum absolute atomic E-state index is 0.0937. The average molecular weight is 312 g/mol. The molecule has 1 aliphatic carbocycles. The molecule has 22 heavy (non-hydrogen) atoms.